The van der Waals surface area contributed by atoms with Crippen LogP contribution in [0.25, 0.3) is 0 Å². The van der Waals surface area contributed by atoms with Crippen molar-refractivity contribution in [1.29, 1.82) is 0 Å². The molecule has 4 aliphatic rings. The second-order valence-electron chi connectivity index (χ2n) is 7.86. The summed E-state index contributed by atoms with van der Waals surface area (Å²) in [6, 6.07) is 9.59. The molecule has 1 aromatic rings. The molecule has 1 nitrogen and oxygen atoms in total. The first kappa shape index (κ1) is 12.9. The quantitative estimate of drug-likeness (QED) is 0.853. The van der Waals surface area contributed by atoms with Crippen molar-refractivity contribution in [2.75, 3.05) is 7.05 Å². The Hall–Kier alpha value is -0.820. The van der Waals surface area contributed by atoms with E-state index in [9.17, 15) is 0 Å². The number of rotatable bonds is 3. The number of hydrogen-bond acceptors (Lipinski definition) is 1. The van der Waals surface area contributed by atoms with Crippen molar-refractivity contribution in [2.24, 2.45) is 23.2 Å². The van der Waals surface area contributed by atoms with E-state index >= 15 is 0 Å². The molecule has 0 aliphatic heterocycles. The fraction of sp³-hybridized carbons (Fsp3) is 0.684. The average Bonchev–Trinajstić information content (AvgIpc) is 2.40. The van der Waals surface area contributed by atoms with Gasteiger partial charge in [-0.05, 0) is 86.8 Å². The van der Waals surface area contributed by atoms with Crippen LogP contribution in [0, 0.1) is 30.1 Å². The maximum Gasteiger partial charge on any atom is 0.0377 e. The summed E-state index contributed by atoms with van der Waals surface area (Å²) in [4.78, 5) is 0. The lowest BCUT2D eigenvalue weighted by Crippen LogP contribution is -2.51. The molecule has 20 heavy (non-hydrogen) atoms. The minimum Gasteiger partial charge on any atom is -0.313 e. The van der Waals surface area contributed by atoms with Crippen LogP contribution in [0.3, 0.4) is 0 Å². The third-order valence-electron chi connectivity index (χ3n) is 6.49. The Morgan fingerprint density at radius 1 is 1.00 bits per heavy atom. The van der Waals surface area contributed by atoms with E-state index < -0.39 is 0 Å². The highest BCUT2D eigenvalue weighted by Gasteiger charge is 2.54. The number of nitrogens with one attached hydrogen (secondary N) is 1. The van der Waals surface area contributed by atoms with Gasteiger partial charge in [-0.25, -0.2) is 0 Å². The zero-order chi connectivity index (χ0) is 13.7. The van der Waals surface area contributed by atoms with Crippen molar-refractivity contribution >= 4 is 0 Å². The molecule has 1 unspecified atom stereocenters. The molecule has 0 saturated heterocycles. The van der Waals surface area contributed by atoms with E-state index in [1.54, 1.807) is 5.56 Å². The zero-order valence-electron chi connectivity index (χ0n) is 12.9. The zero-order valence-corrected chi connectivity index (χ0v) is 12.9. The van der Waals surface area contributed by atoms with Crippen molar-refractivity contribution in [3.8, 4) is 0 Å². The summed E-state index contributed by atoms with van der Waals surface area (Å²) in [6.45, 7) is 2.28. The van der Waals surface area contributed by atoms with E-state index in [0.717, 1.165) is 17.8 Å². The summed E-state index contributed by atoms with van der Waals surface area (Å²) >= 11 is 0. The van der Waals surface area contributed by atoms with Crippen molar-refractivity contribution in [3.05, 3.63) is 35.4 Å². The van der Waals surface area contributed by atoms with Crippen LogP contribution in [0.5, 0.6) is 0 Å². The van der Waals surface area contributed by atoms with Gasteiger partial charge in [-0.15, -0.1) is 0 Å². The summed E-state index contributed by atoms with van der Waals surface area (Å²) in [5.41, 5.74) is 3.56. The van der Waals surface area contributed by atoms with Crippen molar-refractivity contribution < 1.29 is 0 Å². The predicted octanol–water partition coefficient (Wildman–Crippen LogP) is 4.47. The highest BCUT2D eigenvalue weighted by Crippen LogP contribution is 2.64. The molecule has 5 rings (SSSR count). The molecule has 0 aromatic heterocycles. The molecule has 0 radical (unpaired) electrons. The summed E-state index contributed by atoms with van der Waals surface area (Å²) in [5.74, 6) is 3.09. The summed E-state index contributed by atoms with van der Waals surface area (Å²) < 4.78 is 0. The molecule has 0 heterocycles. The van der Waals surface area contributed by atoms with E-state index in [0.29, 0.717) is 11.5 Å². The largest absolute Gasteiger partial charge is 0.313 e. The number of benzene rings is 1. The monoisotopic (exact) mass is 269 g/mol. The van der Waals surface area contributed by atoms with Crippen LogP contribution in [0.15, 0.2) is 24.3 Å². The molecule has 108 valence electrons. The van der Waals surface area contributed by atoms with Crippen molar-refractivity contribution in [1.82, 2.24) is 5.32 Å². The topological polar surface area (TPSA) is 12.0 Å². The van der Waals surface area contributed by atoms with E-state index in [2.05, 4.69) is 43.6 Å². The van der Waals surface area contributed by atoms with Gasteiger partial charge in [0.15, 0.2) is 0 Å². The fourth-order valence-corrected chi connectivity index (χ4v) is 6.23. The van der Waals surface area contributed by atoms with Gasteiger partial charge < -0.3 is 5.32 Å². The molecular formula is C19H27N. The van der Waals surface area contributed by atoms with Gasteiger partial charge in [-0.1, -0.05) is 24.3 Å². The molecule has 0 spiro atoms. The molecule has 1 atom stereocenters. The molecule has 4 saturated carbocycles. The number of aryl methyl sites for hydroxylation is 1. The van der Waals surface area contributed by atoms with Gasteiger partial charge in [0.2, 0.25) is 0 Å². The van der Waals surface area contributed by atoms with Crippen LogP contribution >= 0.6 is 0 Å². The Kier molecular flexibility index (Phi) is 2.96. The van der Waals surface area contributed by atoms with Crippen LogP contribution in [0.1, 0.15) is 55.7 Å². The summed E-state index contributed by atoms with van der Waals surface area (Å²) in [6.07, 6.45) is 9.01. The standard InChI is InChI=1S/C19H27N/c1-13-5-3-4-6-17(13)18(20-2)19-10-14-7-15(11-19)9-16(8-14)12-19/h3-6,14-16,18,20H,7-12H2,1-2H3. The predicted molar refractivity (Wildman–Crippen MR) is 83.6 cm³/mol. The van der Waals surface area contributed by atoms with Crippen LogP contribution < -0.4 is 5.32 Å². The van der Waals surface area contributed by atoms with Crippen molar-refractivity contribution in [3.63, 3.8) is 0 Å². The van der Waals surface area contributed by atoms with Gasteiger partial charge in [0, 0.05) is 6.04 Å². The maximum absolute atomic E-state index is 3.72. The SMILES string of the molecule is CNC(c1ccccc1C)C12CC3CC(CC(C3)C1)C2. The third kappa shape index (κ3) is 1.86. The smallest absolute Gasteiger partial charge is 0.0377 e. The third-order valence-corrected chi connectivity index (χ3v) is 6.49. The summed E-state index contributed by atoms with van der Waals surface area (Å²) in [7, 11) is 2.18. The fourth-order valence-electron chi connectivity index (χ4n) is 6.23. The van der Waals surface area contributed by atoms with Gasteiger partial charge in [-0.2, -0.15) is 0 Å². The first-order valence-electron chi connectivity index (χ1n) is 8.43. The Labute approximate surface area is 123 Å². The average molecular weight is 269 g/mol. The lowest BCUT2D eigenvalue weighted by atomic mass is 9.47. The second kappa shape index (κ2) is 4.59. The van der Waals surface area contributed by atoms with Gasteiger partial charge in [0.05, 0.1) is 0 Å². The van der Waals surface area contributed by atoms with Gasteiger partial charge in [0.25, 0.3) is 0 Å². The Balaban J connectivity index is 1.73. The van der Waals surface area contributed by atoms with Crippen LogP contribution in [-0.2, 0) is 0 Å². The van der Waals surface area contributed by atoms with Crippen LogP contribution in [-0.4, -0.2) is 7.05 Å². The van der Waals surface area contributed by atoms with Crippen LogP contribution in [0.4, 0.5) is 0 Å². The van der Waals surface area contributed by atoms with E-state index in [-0.39, 0.29) is 0 Å². The van der Waals surface area contributed by atoms with Crippen LogP contribution in [0.2, 0.25) is 0 Å². The minimum atomic E-state index is 0.551. The Bertz CT molecular complexity index is 469. The van der Waals surface area contributed by atoms with Gasteiger partial charge >= 0.3 is 0 Å². The highest BCUT2D eigenvalue weighted by atomic mass is 14.9. The Morgan fingerprint density at radius 2 is 1.55 bits per heavy atom. The lowest BCUT2D eigenvalue weighted by Gasteiger charge is -2.59. The van der Waals surface area contributed by atoms with E-state index in [1.807, 2.05) is 0 Å². The molecule has 1 N–H and O–H groups in total. The van der Waals surface area contributed by atoms with E-state index in [4.69, 9.17) is 0 Å². The first-order valence-corrected chi connectivity index (χ1v) is 8.43. The minimum absolute atomic E-state index is 0.551. The second-order valence-corrected chi connectivity index (χ2v) is 7.86. The molecule has 0 amide bonds. The molecular weight excluding hydrogens is 242 g/mol. The summed E-state index contributed by atoms with van der Waals surface area (Å²) in [5, 5.41) is 3.72. The van der Waals surface area contributed by atoms with Gasteiger partial charge in [-0.3, -0.25) is 0 Å². The molecule has 4 aliphatic carbocycles. The van der Waals surface area contributed by atoms with E-state index in [1.165, 1.54) is 44.1 Å². The molecule has 1 aromatic carbocycles. The van der Waals surface area contributed by atoms with Gasteiger partial charge in [0.1, 0.15) is 0 Å². The van der Waals surface area contributed by atoms with Crippen molar-refractivity contribution in [2.45, 2.75) is 51.5 Å². The Morgan fingerprint density at radius 3 is 2.05 bits per heavy atom. The highest BCUT2D eigenvalue weighted by molar-refractivity contribution is 5.31. The molecule has 1 heteroatoms. The lowest BCUT2D eigenvalue weighted by molar-refractivity contribution is -0.0737. The first-order chi connectivity index (χ1) is 9.70. The molecule has 4 fully saturated rings. The number of hydrogen-bond donors (Lipinski definition) is 1. The normalized spacial score (nSPS) is 40.0. The maximum atomic E-state index is 3.72. The molecule has 4 bridgehead atoms.